The molecule has 1 aliphatic heterocycles. The molecule has 1 saturated heterocycles. The topological polar surface area (TPSA) is 175 Å². The number of pyridine rings is 3. The highest BCUT2D eigenvalue weighted by Gasteiger charge is 2.19. The molecule has 0 aliphatic carbocycles. The van der Waals surface area contributed by atoms with Crippen LogP contribution in [0.4, 0.5) is 5.82 Å². The number of primary sulfonamides is 1. The van der Waals surface area contributed by atoms with Crippen molar-refractivity contribution in [3.05, 3.63) is 72.3 Å². The number of morpholine rings is 1. The SMILES string of the molecule is N.NS(=O)(=O)c1ccccc1-c1cc(-c2cnc3n[nH]c(-c4ccc(N5CCOCC5)nc4)c3c2)cnc1Cl. The van der Waals surface area contributed by atoms with Gasteiger partial charge in [-0.1, -0.05) is 29.8 Å². The van der Waals surface area contributed by atoms with Crippen molar-refractivity contribution in [2.75, 3.05) is 31.2 Å². The van der Waals surface area contributed by atoms with E-state index in [2.05, 4.69) is 30.0 Å². The summed E-state index contributed by atoms with van der Waals surface area (Å²) < 4.78 is 29.8. The molecule has 0 saturated carbocycles. The molecule has 0 bridgehead atoms. The monoisotopic (exact) mass is 564 g/mol. The minimum Gasteiger partial charge on any atom is -0.378 e. The molecule has 1 aliphatic rings. The number of hydrogen-bond acceptors (Lipinski definition) is 9. The average molecular weight is 565 g/mol. The lowest BCUT2D eigenvalue weighted by Crippen LogP contribution is -2.36. The van der Waals surface area contributed by atoms with Crippen LogP contribution in [-0.4, -0.2) is 59.9 Å². The Morgan fingerprint density at radius 2 is 1.62 bits per heavy atom. The standard InChI is InChI=1S/C26H22ClN7O3S.H3N/c27-25-20(19-3-1-2-4-22(19)38(28,35)36)11-17(14-30-25)18-12-21-24(32-33-26(21)31-15-18)16-5-6-23(29-13-16)34-7-9-37-10-8-34;/h1-6,11-15H,7-10H2,(H2,28,35,36)(H,31,32,33);1H3. The highest BCUT2D eigenvalue weighted by molar-refractivity contribution is 7.89. The molecule has 6 N–H and O–H groups in total. The van der Waals surface area contributed by atoms with Gasteiger partial charge in [0.1, 0.15) is 11.0 Å². The van der Waals surface area contributed by atoms with Crippen LogP contribution in [0.3, 0.4) is 0 Å². The summed E-state index contributed by atoms with van der Waals surface area (Å²) in [7, 11) is -3.97. The van der Waals surface area contributed by atoms with Gasteiger partial charge in [0, 0.05) is 64.9 Å². The first-order valence-corrected chi connectivity index (χ1v) is 13.7. The van der Waals surface area contributed by atoms with Crippen LogP contribution >= 0.6 is 11.6 Å². The molecule has 0 atom stereocenters. The number of sulfonamides is 1. The lowest BCUT2D eigenvalue weighted by molar-refractivity contribution is 0.122. The first-order valence-electron chi connectivity index (χ1n) is 11.8. The molecule has 1 fully saturated rings. The van der Waals surface area contributed by atoms with Gasteiger partial charge in [-0.3, -0.25) is 5.10 Å². The normalized spacial score (nSPS) is 13.8. The number of nitrogens with two attached hydrogens (primary N) is 1. The Labute approximate surface area is 229 Å². The Morgan fingerprint density at radius 3 is 2.36 bits per heavy atom. The summed E-state index contributed by atoms with van der Waals surface area (Å²) in [6, 6.07) is 14.1. The third kappa shape index (κ3) is 5.20. The number of anilines is 1. The first-order chi connectivity index (χ1) is 18.4. The molecular formula is C26H25ClN8O3S. The van der Waals surface area contributed by atoms with Gasteiger partial charge in [0.25, 0.3) is 0 Å². The maximum absolute atomic E-state index is 12.2. The van der Waals surface area contributed by atoms with Gasteiger partial charge in [0.2, 0.25) is 10.0 Å². The molecule has 0 amide bonds. The van der Waals surface area contributed by atoms with E-state index >= 15 is 0 Å². The van der Waals surface area contributed by atoms with Crippen LogP contribution in [0.1, 0.15) is 0 Å². The van der Waals surface area contributed by atoms with E-state index in [0.717, 1.165) is 41.1 Å². The van der Waals surface area contributed by atoms with Gasteiger partial charge in [-0.05, 0) is 30.3 Å². The number of benzene rings is 1. The Hall–Kier alpha value is -3.94. The Balaban J connectivity index is 0.00000308. The van der Waals surface area contributed by atoms with E-state index in [1.807, 2.05) is 24.4 Å². The number of aromatic nitrogens is 5. The number of H-pyrrole nitrogens is 1. The molecule has 1 aromatic carbocycles. The van der Waals surface area contributed by atoms with Gasteiger partial charge in [0.15, 0.2) is 5.65 Å². The van der Waals surface area contributed by atoms with Gasteiger partial charge >= 0.3 is 0 Å². The summed E-state index contributed by atoms with van der Waals surface area (Å²) >= 11 is 6.40. The molecule has 13 heteroatoms. The molecule has 0 unspecified atom stereocenters. The molecule has 5 aromatic rings. The van der Waals surface area contributed by atoms with Gasteiger partial charge in [0.05, 0.1) is 23.8 Å². The van der Waals surface area contributed by atoms with Crippen LogP contribution < -0.4 is 16.2 Å². The number of halogens is 1. The van der Waals surface area contributed by atoms with Crippen LogP contribution in [0, 0.1) is 0 Å². The number of nitrogens with one attached hydrogen (secondary N) is 1. The zero-order valence-corrected chi connectivity index (χ0v) is 22.3. The summed E-state index contributed by atoms with van der Waals surface area (Å²) in [4.78, 5) is 15.6. The minimum atomic E-state index is -3.97. The van der Waals surface area contributed by atoms with Crippen LogP contribution in [0.2, 0.25) is 5.15 Å². The second kappa shape index (κ2) is 10.7. The predicted molar refractivity (Wildman–Crippen MR) is 150 cm³/mol. The summed E-state index contributed by atoms with van der Waals surface area (Å²) in [5, 5.41) is 13.8. The zero-order chi connectivity index (χ0) is 26.3. The number of fused-ring (bicyclic) bond motifs is 1. The first kappa shape index (κ1) is 26.7. The molecule has 5 heterocycles. The van der Waals surface area contributed by atoms with Crippen LogP contribution in [0.25, 0.3) is 44.5 Å². The summed E-state index contributed by atoms with van der Waals surface area (Å²) in [5.41, 5.74) is 4.51. The van der Waals surface area contributed by atoms with E-state index in [9.17, 15) is 8.42 Å². The van der Waals surface area contributed by atoms with Crippen molar-refractivity contribution < 1.29 is 13.2 Å². The Morgan fingerprint density at radius 1 is 0.897 bits per heavy atom. The lowest BCUT2D eigenvalue weighted by atomic mass is 10.0. The van der Waals surface area contributed by atoms with E-state index in [-0.39, 0.29) is 16.2 Å². The van der Waals surface area contributed by atoms with Crippen LogP contribution in [0.15, 0.2) is 72.0 Å². The second-order valence-corrected chi connectivity index (χ2v) is 10.7. The molecule has 11 nitrogen and oxygen atoms in total. The van der Waals surface area contributed by atoms with E-state index in [1.165, 1.54) is 6.07 Å². The smallest absolute Gasteiger partial charge is 0.238 e. The molecule has 4 aromatic heterocycles. The third-order valence-corrected chi connectivity index (χ3v) is 7.71. The van der Waals surface area contributed by atoms with Crippen LogP contribution in [-0.2, 0) is 14.8 Å². The number of hydrogen-bond donors (Lipinski definition) is 3. The Kier molecular flexibility index (Phi) is 7.30. The molecule has 0 radical (unpaired) electrons. The van der Waals surface area contributed by atoms with E-state index in [1.54, 1.807) is 36.7 Å². The highest BCUT2D eigenvalue weighted by Crippen LogP contribution is 2.35. The zero-order valence-electron chi connectivity index (χ0n) is 20.7. The number of aromatic amines is 1. The maximum Gasteiger partial charge on any atom is 0.238 e. The summed E-state index contributed by atoms with van der Waals surface area (Å²) in [6.07, 6.45) is 5.12. The van der Waals surface area contributed by atoms with Crippen molar-refractivity contribution in [1.29, 1.82) is 0 Å². The van der Waals surface area contributed by atoms with E-state index < -0.39 is 10.0 Å². The predicted octanol–water partition coefficient (Wildman–Crippen LogP) is 4.05. The van der Waals surface area contributed by atoms with Crippen molar-refractivity contribution in [2.45, 2.75) is 4.90 Å². The van der Waals surface area contributed by atoms with Crippen LogP contribution in [0.5, 0.6) is 0 Å². The molecular weight excluding hydrogens is 540 g/mol. The third-order valence-electron chi connectivity index (χ3n) is 6.44. The van der Waals surface area contributed by atoms with E-state index in [4.69, 9.17) is 21.5 Å². The fraction of sp³-hybridized carbons (Fsp3) is 0.154. The number of ether oxygens (including phenoxy) is 1. The number of nitrogens with zero attached hydrogens (tertiary/aromatic N) is 5. The van der Waals surface area contributed by atoms with Gasteiger partial charge < -0.3 is 15.8 Å². The molecule has 39 heavy (non-hydrogen) atoms. The summed E-state index contributed by atoms with van der Waals surface area (Å²) in [6.45, 7) is 3.01. The minimum absolute atomic E-state index is 0. The second-order valence-electron chi connectivity index (χ2n) is 8.80. The fourth-order valence-corrected chi connectivity index (χ4v) is 5.48. The fourth-order valence-electron chi connectivity index (χ4n) is 4.52. The maximum atomic E-state index is 12.2. The van der Waals surface area contributed by atoms with Crippen molar-refractivity contribution in [2.24, 2.45) is 5.14 Å². The Bertz CT molecular complexity index is 1750. The van der Waals surface area contributed by atoms with Crippen molar-refractivity contribution in [3.63, 3.8) is 0 Å². The molecule has 6 rings (SSSR count). The average Bonchev–Trinajstić information content (AvgIpc) is 3.37. The lowest BCUT2D eigenvalue weighted by Gasteiger charge is -2.27. The molecule has 200 valence electrons. The summed E-state index contributed by atoms with van der Waals surface area (Å²) in [5.74, 6) is 0.902. The largest absolute Gasteiger partial charge is 0.378 e. The van der Waals surface area contributed by atoms with E-state index in [0.29, 0.717) is 35.6 Å². The quantitative estimate of drug-likeness (QED) is 0.266. The van der Waals surface area contributed by atoms with Gasteiger partial charge in [-0.15, -0.1) is 0 Å². The van der Waals surface area contributed by atoms with Gasteiger partial charge in [-0.2, -0.15) is 5.10 Å². The van der Waals surface area contributed by atoms with Crippen molar-refractivity contribution in [3.8, 4) is 33.5 Å². The van der Waals surface area contributed by atoms with Gasteiger partial charge in [-0.25, -0.2) is 28.5 Å². The highest BCUT2D eigenvalue weighted by atomic mass is 35.5. The van der Waals surface area contributed by atoms with Crippen molar-refractivity contribution in [1.82, 2.24) is 31.3 Å². The number of rotatable bonds is 5. The molecule has 0 spiro atoms. The van der Waals surface area contributed by atoms with Crippen molar-refractivity contribution >= 4 is 38.5 Å².